The van der Waals surface area contributed by atoms with Crippen LogP contribution in [0.15, 0.2) is 72.8 Å². The van der Waals surface area contributed by atoms with Crippen LogP contribution in [0.5, 0.6) is 5.75 Å². The van der Waals surface area contributed by atoms with Gasteiger partial charge in [-0.2, -0.15) is 0 Å². The second-order valence-corrected chi connectivity index (χ2v) is 8.86. The molecule has 1 aliphatic heterocycles. The summed E-state index contributed by atoms with van der Waals surface area (Å²) < 4.78 is 29.8. The minimum Gasteiger partial charge on any atom is -0.497 e. The number of hydrogen-bond acceptors (Lipinski definition) is 6. The highest BCUT2D eigenvalue weighted by Crippen LogP contribution is 2.25. The SMILES string of the molecule is COC(=O)c1ccc(COC(CN2CCN(C(=O)c3ccc(F)cc3)CC2)c2cccc(OC)c2)cc1. The van der Waals surface area contributed by atoms with Crippen LogP contribution in [0.4, 0.5) is 4.39 Å². The Bertz CT molecular complexity index is 1190. The predicted molar refractivity (Wildman–Crippen MR) is 137 cm³/mol. The summed E-state index contributed by atoms with van der Waals surface area (Å²) >= 11 is 0. The van der Waals surface area contributed by atoms with Gasteiger partial charge in [0.05, 0.1) is 32.5 Å². The average Bonchev–Trinajstić information content (AvgIpc) is 2.95. The van der Waals surface area contributed by atoms with E-state index in [0.717, 1.165) is 16.9 Å². The monoisotopic (exact) mass is 506 g/mol. The van der Waals surface area contributed by atoms with E-state index >= 15 is 0 Å². The fourth-order valence-corrected chi connectivity index (χ4v) is 4.29. The molecule has 1 unspecified atom stereocenters. The zero-order chi connectivity index (χ0) is 26.2. The molecule has 0 spiro atoms. The van der Waals surface area contributed by atoms with Crippen LogP contribution in [0, 0.1) is 5.82 Å². The van der Waals surface area contributed by atoms with Crippen LogP contribution in [0.3, 0.4) is 0 Å². The van der Waals surface area contributed by atoms with E-state index in [1.54, 1.807) is 24.1 Å². The van der Waals surface area contributed by atoms with Crippen molar-refractivity contribution in [2.24, 2.45) is 0 Å². The molecule has 1 heterocycles. The van der Waals surface area contributed by atoms with Crippen LogP contribution in [0.25, 0.3) is 0 Å². The second kappa shape index (κ2) is 12.5. The summed E-state index contributed by atoms with van der Waals surface area (Å²) in [4.78, 5) is 28.6. The first kappa shape index (κ1) is 26.3. The molecule has 0 radical (unpaired) electrons. The normalized spacial score (nSPS) is 14.7. The van der Waals surface area contributed by atoms with Crippen molar-refractivity contribution in [1.29, 1.82) is 0 Å². The van der Waals surface area contributed by atoms with Crippen molar-refractivity contribution in [2.75, 3.05) is 46.9 Å². The Hall–Kier alpha value is -3.75. The molecular formula is C29H31FN2O5. The number of carbonyl (C=O) groups is 2. The molecule has 1 atom stereocenters. The van der Waals surface area contributed by atoms with E-state index in [-0.39, 0.29) is 23.8 Å². The van der Waals surface area contributed by atoms with Gasteiger partial charge in [0, 0.05) is 38.3 Å². The van der Waals surface area contributed by atoms with Crippen LogP contribution in [0.2, 0.25) is 0 Å². The number of esters is 1. The molecule has 0 aliphatic carbocycles. The number of halogens is 1. The van der Waals surface area contributed by atoms with Crippen molar-refractivity contribution < 1.29 is 28.2 Å². The molecule has 3 aromatic rings. The van der Waals surface area contributed by atoms with Gasteiger partial charge in [-0.3, -0.25) is 9.69 Å². The van der Waals surface area contributed by atoms with E-state index in [9.17, 15) is 14.0 Å². The Morgan fingerprint density at radius 3 is 2.22 bits per heavy atom. The second-order valence-electron chi connectivity index (χ2n) is 8.86. The van der Waals surface area contributed by atoms with Crippen molar-refractivity contribution in [3.63, 3.8) is 0 Å². The van der Waals surface area contributed by atoms with Gasteiger partial charge in [0.1, 0.15) is 11.6 Å². The molecule has 3 aromatic carbocycles. The minimum absolute atomic E-state index is 0.0874. The lowest BCUT2D eigenvalue weighted by atomic mass is 10.1. The molecule has 0 saturated carbocycles. The van der Waals surface area contributed by atoms with Crippen molar-refractivity contribution in [3.8, 4) is 5.75 Å². The third-order valence-corrected chi connectivity index (χ3v) is 6.47. The lowest BCUT2D eigenvalue weighted by Crippen LogP contribution is -2.49. The third-order valence-electron chi connectivity index (χ3n) is 6.47. The standard InChI is InChI=1S/C29H31FN2O5/c1-35-26-5-3-4-24(18-26)27(37-20-21-6-8-23(9-7-21)29(34)36-2)19-31-14-16-32(17-15-31)28(33)22-10-12-25(30)13-11-22/h3-13,18,27H,14-17,19-20H2,1-2H3. The number of hydrogen-bond donors (Lipinski definition) is 0. The van der Waals surface area contributed by atoms with Crippen LogP contribution < -0.4 is 4.74 Å². The van der Waals surface area contributed by atoms with Crippen LogP contribution in [0.1, 0.15) is 37.9 Å². The summed E-state index contributed by atoms with van der Waals surface area (Å²) in [7, 11) is 2.99. The first-order chi connectivity index (χ1) is 18.0. The van der Waals surface area contributed by atoms with Crippen molar-refractivity contribution >= 4 is 11.9 Å². The number of amides is 1. The van der Waals surface area contributed by atoms with E-state index < -0.39 is 0 Å². The Labute approximate surface area is 216 Å². The lowest BCUT2D eigenvalue weighted by Gasteiger charge is -2.36. The average molecular weight is 507 g/mol. The highest BCUT2D eigenvalue weighted by Gasteiger charge is 2.25. The van der Waals surface area contributed by atoms with Crippen molar-refractivity contribution in [3.05, 3.63) is 101 Å². The van der Waals surface area contributed by atoms with Gasteiger partial charge < -0.3 is 19.1 Å². The van der Waals surface area contributed by atoms with Crippen LogP contribution in [-0.2, 0) is 16.1 Å². The number of ether oxygens (including phenoxy) is 3. The summed E-state index contributed by atoms with van der Waals surface area (Å²) in [6.07, 6.45) is -0.227. The van der Waals surface area contributed by atoms with Gasteiger partial charge in [0.15, 0.2) is 0 Å². The fraction of sp³-hybridized carbons (Fsp3) is 0.310. The maximum Gasteiger partial charge on any atom is 0.337 e. The molecule has 1 aliphatic rings. The van der Waals surface area contributed by atoms with Gasteiger partial charge in [-0.25, -0.2) is 9.18 Å². The Kier molecular flexibility index (Phi) is 8.87. The number of nitrogens with zero attached hydrogens (tertiary/aromatic N) is 2. The maximum absolute atomic E-state index is 13.2. The number of benzene rings is 3. The molecule has 8 heteroatoms. The summed E-state index contributed by atoms with van der Waals surface area (Å²) in [5.41, 5.74) is 2.92. The molecule has 37 heavy (non-hydrogen) atoms. The van der Waals surface area contributed by atoms with Crippen LogP contribution >= 0.6 is 0 Å². The molecular weight excluding hydrogens is 475 g/mol. The Morgan fingerprint density at radius 2 is 1.57 bits per heavy atom. The van der Waals surface area contributed by atoms with Gasteiger partial charge in [-0.05, 0) is 59.7 Å². The first-order valence-corrected chi connectivity index (χ1v) is 12.2. The van der Waals surface area contributed by atoms with Crippen molar-refractivity contribution in [1.82, 2.24) is 9.80 Å². The molecule has 1 amide bonds. The molecule has 7 nitrogen and oxygen atoms in total. The highest BCUT2D eigenvalue weighted by molar-refractivity contribution is 5.94. The first-order valence-electron chi connectivity index (χ1n) is 12.2. The summed E-state index contributed by atoms with van der Waals surface area (Å²) in [5.74, 6) is -0.0676. The van der Waals surface area contributed by atoms with E-state index in [1.165, 1.54) is 31.4 Å². The number of carbonyl (C=O) groups excluding carboxylic acids is 2. The molecule has 0 N–H and O–H groups in total. The van der Waals surface area contributed by atoms with Gasteiger partial charge in [-0.1, -0.05) is 24.3 Å². The van der Waals surface area contributed by atoms with E-state index in [4.69, 9.17) is 14.2 Å². The number of methoxy groups -OCH3 is 2. The molecule has 0 bridgehead atoms. The Balaban J connectivity index is 1.40. The van der Waals surface area contributed by atoms with Gasteiger partial charge in [0.25, 0.3) is 5.91 Å². The fourth-order valence-electron chi connectivity index (χ4n) is 4.29. The molecule has 4 rings (SSSR count). The lowest BCUT2D eigenvalue weighted by molar-refractivity contribution is 0.00331. The van der Waals surface area contributed by atoms with Gasteiger partial charge in [0.2, 0.25) is 0 Å². The zero-order valence-corrected chi connectivity index (χ0v) is 21.1. The zero-order valence-electron chi connectivity index (χ0n) is 21.1. The van der Waals surface area contributed by atoms with Crippen molar-refractivity contribution in [2.45, 2.75) is 12.7 Å². The third kappa shape index (κ3) is 6.93. The molecule has 194 valence electrons. The summed E-state index contributed by atoms with van der Waals surface area (Å²) in [5, 5.41) is 0. The topological polar surface area (TPSA) is 68.3 Å². The molecule has 0 aromatic heterocycles. The molecule has 1 fully saturated rings. The summed E-state index contributed by atoms with van der Waals surface area (Å²) in [6, 6.07) is 20.6. The maximum atomic E-state index is 13.2. The van der Waals surface area contributed by atoms with Crippen LogP contribution in [-0.4, -0.2) is 68.6 Å². The number of piperazine rings is 1. The van der Waals surface area contributed by atoms with E-state index in [1.807, 2.05) is 36.4 Å². The summed E-state index contributed by atoms with van der Waals surface area (Å²) in [6.45, 7) is 3.57. The predicted octanol–water partition coefficient (Wildman–Crippen LogP) is 4.34. The minimum atomic E-state index is -0.376. The van der Waals surface area contributed by atoms with Gasteiger partial charge in [-0.15, -0.1) is 0 Å². The smallest absolute Gasteiger partial charge is 0.337 e. The van der Waals surface area contributed by atoms with E-state index in [0.29, 0.717) is 50.5 Å². The van der Waals surface area contributed by atoms with Gasteiger partial charge >= 0.3 is 5.97 Å². The van der Waals surface area contributed by atoms with E-state index in [2.05, 4.69) is 4.90 Å². The highest BCUT2D eigenvalue weighted by atomic mass is 19.1. The Morgan fingerprint density at radius 1 is 0.892 bits per heavy atom. The largest absolute Gasteiger partial charge is 0.497 e. The quantitative estimate of drug-likeness (QED) is 0.403. The number of rotatable bonds is 9. The molecule has 1 saturated heterocycles.